The predicted octanol–water partition coefficient (Wildman–Crippen LogP) is 3.31. The van der Waals surface area contributed by atoms with Crippen LogP contribution in [-0.4, -0.2) is 24.9 Å². The summed E-state index contributed by atoms with van der Waals surface area (Å²) in [4.78, 5) is 11.1. The molecule has 1 aromatic carbocycles. The lowest BCUT2D eigenvalue weighted by Crippen LogP contribution is -2.39. The second-order valence-electron chi connectivity index (χ2n) is 3.96. The molecule has 0 heterocycles. The van der Waals surface area contributed by atoms with E-state index in [1.807, 2.05) is 0 Å². The zero-order valence-corrected chi connectivity index (χ0v) is 9.84. The van der Waals surface area contributed by atoms with E-state index >= 15 is 0 Å². The third kappa shape index (κ3) is 3.21. The fourth-order valence-corrected chi connectivity index (χ4v) is 1.29. The van der Waals surface area contributed by atoms with Crippen LogP contribution < -0.4 is 0 Å². The summed E-state index contributed by atoms with van der Waals surface area (Å²) < 4.78 is 55.9. The maximum atomic E-state index is 13.1. The molecule has 1 rings (SSSR count). The van der Waals surface area contributed by atoms with Gasteiger partial charge >= 0.3 is 17.8 Å². The van der Waals surface area contributed by atoms with Crippen molar-refractivity contribution in [1.82, 2.24) is 0 Å². The Kier molecular flexibility index (Phi) is 3.98. The van der Waals surface area contributed by atoms with Crippen molar-refractivity contribution in [3.05, 3.63) is 35.4 Å². The van der Waals surface area contributed by atoms with E-state index < -0.39 is 24.2 Å². The van der Waals surface area contributed by atoms with E-state index in [1.165, 1.54) is 31.4 Å². The number of esters is 1. The normalized spacial score (nSPS) is 12.3. The van der Waals surface area contributed by atoms with Gasteiger partial charge in [-0.25, -0.2) is 13.6 Å². The first-order chi connectivity index (χ1) is 8.17. The monoisotopic (exact) mass is 264 g/mol. The van der Waals surface area contributed by atoms with E-state index in [1.54, 1.807) is 0 Å². The molecule has 0 aliphatic carbocycles. The van der Waals surface area contributed by atoms with E-state index in [2.05, 4.69) is 4.74 Å². The Morgan fingerprint density at radius 3 is 2.06 bits per heavy atom. The van der Waals surface area contributed by atoms with Crippen LogP contribution in [0.2, 0.25) is 0 Å². The second kappa shape index (κ2) is 4.96. The highest BCUT2D eigenvalue weighted by Gasteiger charge is 2.51. The predicted molar refractivity (Wildman–Crippen MR) is 57.1 cm³/mol. The quantitative estimate of drug-likeness (QED) is 0.616. The van der Waals surface area contributed by atoms with E-state index in [0.717, 1.165) is 0 Å². The van der Waals surface area contributed by atoms with Crippen molar-refractivity contribution in [2.45, 2.75) is 25.2 Å². The van der Waals surface area contributed by atoms with Gasteiger partial charge in [0.05, 0.1) is 12.7 Å². The first kappa shape index (κ1) is 14.5. The minimum absolute atomic E-state index is 0.0224. The van der Waals surface area contributed by atoms with Gasteiger partial charge in [-0.1, -0.05) is 12.1 Å². The molecule has 18 heavy (non-hydrogen) atoms. The molecule has 0 aromatic heterocycles. The highest BCUT2D eigenvalue weighted by atomic mass is 19.3. The molecule has 0 spiro atoms. The van der Waals surface area contributed by atoms with Crippen LogP contribution in [0.15, 0.2) is 24.3 Å². The third-order valence-electron chi connectivity index (χ3n) is 2.44. The molecular formula is C12H12F4O2. The Balaban J connectivity index is 2.85. The first-order valence-corrected chi connectivity index (χ1v) is 5.10. The Bertz CT molecular complexity index is 421. The summed E-state index contributed by atoms with van der Waals surface area (Å²) in [5.74, 6) is -8.83. The van der Waals surface area contributed by atoms with Gasteiger partial charge < -0.3 is 4.74 Å². The molecule has 0 bridgehead atoms. The van der Waals surface area contributed by atoms with Gasteiger partial charge in [-0.2, -0.15) is 8.78 Å². The van der Waals surface area contributed by atoms with Gasteiger partial charge in [-0.15, -0.1) is 0 Å². The van der Waals surface area contributed by atoms with E-state index in [-0.39, 0.29) is 18.1 Å². The zero-order chi connectivity index (χ0) is 14.0. The topological polar surface area (TPSA) is 26.3 Å². The van der Waals surface area contributed by atoms with Crippen LogP contribution in [0.4, 0.5) is 17.6 Å². The average molecular weight is 264 g/mol. The summed E-state index contributed by atoms with van der Waals surface area (Å²) in [6.45, 7) is 0.176. The highest BCUT2D eigenvalue weighted by Crippen LogP contribution is 2.36. The number of hydrogen-bond donors (Lipinski definition) is 0. The van der Waals surface area contributed by atoms with Gasteiger partial charge in [0, 0.05) is 13.3 Å². The largest absolute Gasteiger partial charge is 0.465 e. The SMILES string of the molecule is COC(=O)c1ccc(CC(F)(F)C(C)(F)F)cc1. The number of carbonyl (C=O) groups is 1. The Morgan fingerprint density at radius 1 is 1.17 bits per heavy atom. The van der Waals surface area contributed by atoms with Crippen LogP contribution in [0, 0.1) is 0 Å². The average Bonchev–Trinajstić information content (AvgIpc) is 2.27. The lowest BCUT2D eigenvalue weighted by atomic mass is 10.0. The molecule has 100 valence electrons. The molecule has 0 atom stereocenters. The summed E-state index contributed by atoms with van der Waals surface area (Å²) in [5.41, 5.74) is 0.196. The highest BCUT2D eigenvalue weighted by molar-refractivity contribution is 5.89. The summed E-state index contributed by atoms with van der Waals surface area (Å²) in [6.07, 6.45) is -1.09. The van der Waals surface area contributed by atoms with Crippen LogP contribution in [0.5, 0.6) is 0 Å². The molecule has 2 nitrogen and oxygen atoms in total. The number of ether oxygens (including phenoxy) is 1. The van der Waals surface area contributed by atoms with E-state index in [0.29, 0.717) is 0 Å². The summed E-state index contributed by atoms with van der Waals surface area (Å²) in [5, 5.41) is 0. The minimum Gasteiger partial charge on any atom is -0.465 e. The van der Waals surface area contributed by atoms with Crippen molar-refractivity contribution in [3.8, 4) is 0 Å². The van der Waals surface area contributed by atoms with Gasteiger partial charge in [-0.3, -0.25) is 0 Å². The Labute approximate surface area is 102 Å². The van der Waals surface area contributed by atoms with Crippen molar-refractivity contribution in [3.63, 3.8) is 0 Å². The molecule has 0 radical (unpaired) electrons. The fourth-order valence-electron chi connectivity index (χ4n) is 1.29. The lowest BCUT2D eigenvalue weighted by molar-refractivity contribution is -0.196. The van der Waals surface area contributed by atoms with Crippen LogP contribution in [0.3, 0.4) is 0 Å². The van der Waals surface area contributed by atoms with Crippen LogP contribution in [0.25, 0.3) is 0 Å². The van der Waals surface area contributed by atoms with Gasteiger partial charge in [0.25, 0.3) is 0 Å². The van der Waals surface area contributed by atoms with Crippen molar-refractivity contribution < 1.29 is 27.1 Å². The number of rotatable bonds is 4. The third-order valence-corrected chi connectivity index (χ3v) is 2.44. The van der Waals surface area contributed by atoms with Crippen molar-refractivity contribution >= 4 is 5.97 Å². The second-order valence-corrected chi connectivity index (χ2v) is 3.96. The smallest absolute Gasteiger partial charge is 0.337 e. The Hall–Kier alpha value is -1.59. The molecule has 0 fully saturated rings. The molecule has 0 N–H and O–H groups in total. The molecule has 0 saturated carbocycles. The molecule has 0 unspecified atom stereocenters. The molecule has 6 heteroatoms. The molecular weight excluding hydrogens is 252 g/mol. The van der Waals surface area contributed by atoms with Crippen molar-refractivity contribution in [2.24, 2.45) is 0 Å². The molecule has 0 aliphatic rings. The lowest BCUT2D eigenvalue weighted by Gasteiger charge is -2.23. The van der Waals surface area contributed by atoms with E-state index in [4.69, 9.17) is 0 Å². The number of alkyl halides is 4. The number of halogens is 4. The Morgan fingerprint density at radius 2 is 1.67 bits per heavy atom. The number of benzene rings is 1. The maximum Gasteiger partial charge on any atom is 0.337 e. The summed E-state index contributed by atoms with van der Waals surface area (Å²) >= 11 is 0. The first-order valence-electron chi connectivity index (χ1n) is 5.10. The van der Waals surface area contributed by atoms with Gasteiger partial charge in [-0.05, 0) is 17.7 Å². The molecule has 1 aromatic rings. The fraction of sp³-hybridized carbons (Fsp3) is 0.417. The molecule has 0 saturated heterocycles. The number of methoxy groups -OCH3 is 1. The van der Waals surface area contributed by atoms with Gasteiger partial charge in [0.15, 0.2) is 0 Å². The maximum absolute atomic E-state index is 13.1. The standard InChI is InChI=1S/C12H12F4O2/c1-11(13,14)12(15,16)7-8-3-5-9(6-4-8)10(17)18-2/h3-6H,7H2,1-2H3. The molecule has 0 amide bonds. The van der Waals surface area contributed by atoms with Crippen molar-refractivity contribution in [1.29, 1.82) is 0 Å². The minimum atomic E-state index is -4.13. The van der Waals surface area contributed by atoms with Crippen LogP contribution >= 0.6 is 0 Å². The van der Waals surface area contributed by atoms with Crippen LogP contribution in [0.1, 0.15) is 22.8 Å². The summed E-state index contributed by atoms with van der Waals surface area (Å²) in [6, 6.07) is 4.91. The number of carbonyl (C=O) groups excluding carboxylic acids is 1. The van der Waals surface area contributed by atoms with E-state index in [9.17, 15) is 22.4 Å². The zero-order valence-electron chi connectivity index (χ0n) is 9.84. The molecule has 0 aliphatic heterocycles. The summed E-state index contributed by atoms with van der Waals surface area (Å²) in [7, 11) is 1.18. The van der Waals surface area contributed by atoms with Crippen molar-refractivity contribution in [2.75, 3.05) is 7.11 Å². The van der Waals surface area contributed by atoms with Gasteiger partial charge in [0.1, 0.15) is 0 Å². The van der Waals surface area contributed by atoms with Gasteiger partial charge in [0.2, 0.25) is 0 Å². The van der Waals surface area contributed by atoms with Crippen LogP contribution in [-0.2, 0) is 11.2 Å². The number of hydrogen-bond acceptors (Lipinski definition) is 2.